The number of rotatable bonds is 6. The first kappa shape index (κ1) is 14.4. The molecular formula is C9H14N4O4S. The number of nitro groups is 1. The number of nitrogens with two attached hydrogens (primary N) is 1. The van der Waals surface area contributed by atoms with Gasteiger partial charge in [0, 0.05) is 24.7 Å². The topological polar surface area (TPSA) is 127 Å². The Labute approximate surface area is 105 Å². The monoisotopic (exact) mass is 274 g/mol. The van der Waals surface area contributed by atoms with Crippen molar-refractivity contribution in [3.05, 3.63) is 33.9 Å². The Bertz CT molecular complexity index is 543. The van der Waals surface area contributed by atoms with Gasteiger partial charge in [-0.05, 0) is 19.1 Å². The lowest BCUT2D eigenvalue weighted by Gasteiger charge is -2.09. The number of aryl methyl sites for hydroxylation is 1. The van der Waals surface area contributed by atoms with Crippen LogP contribution in [0.25, 0.3) is 0 Å². The number of hydrogen-bond acceptors (Lipinski definition) is 5. The molecule has 100 valence electrons. The molecule has 8 nitrogen and oxygen atoms in total. The van der Waals surface area contributed by atoms with Crippen LogP contribution >= 0.6 is 0 Å². The van der Waals surface area contributed by atoms with Gasteiger partial charge in [-0.2, -0.15) is 13.1 Å². The first-order chi connectivity index (χ1) is 8.35. The lowest BCUT2D eigenvalue weighted by atomic mass is 10.2. The molecule has 0 aliphatic rings. The van der Waals surface area contributed by atoms with Crippen molar-refractivity contribution in [3.63, 3.8) is 0 Å². The predicted molar refractivity (Wildman–Crippen MR) is 67.4 cm³/mol. The highest BCUT2D eigenvalue weighted by Crippen LogP contribution is 2.21. The van der Waals surface area contributed by atoms with Crippen molar-refractivity contribution in [2.45, 2.75) is 6.92 Å². The Hall–Kier alpha value is -1.71. The molecule has 18 heavy (non-hydrogen) atoms. The van der Waals surface area contributed by atoms with Crippen LogP contribution in [0.2, 0.25) is 0 Å². The van der Waals surface area contributed by atoms with Crippen molar-refractivity contribution in [2.24, 2.45) is 5.73 Å². The van der Waals surface area contributed by atoms with Crippen LogP contribution in [0.15, 0.2) is 18.2 Å². The van der Waals surface area contributed by atoms with Crippen LogP contribution in [0.3, 0.4) is 0 Å². The Morgan fingerprint density at radius 1 is 1.44 bits per heavy atom. The molecule has 0 unspecified atom stereocenters. The molecule has 0 atom stereocenters. The van der Waals surface area contributed by atoms with Crippen LogP contribution < -0.4 is 15.2 Å². The quantitative estimate of drug-likeness (QED) is 0.501. The molecule has 0 amide bonds. The Morgan fingerprint density at radius 2 is 2.11 bits per heavy atom. The molecule has 0 saturated carbocycles. The average molecular weight is 274 g/mol. The summed E-state index contributed by atoms with van der Waals surface area (Å²) in [5, 5.41) is 10.6. The summed E-state index contributed by atoms with van der Waals surface area (Å²) in [4.78, 5) is 10.1. The molecule has 1 aromatic carbocycles. The predicted octanol–water partition coefficient (Wildman–Crippen LogP) is 0.108. The summed E-state index contributed by atoms with van der Waals surface area (Å²) in [7, 11) is -3.70. The van der Waals surface area contributed by atoms with E-state index in [-0.39, 0.29) is 24.5 Å². The maximum atomic E-state index is 11.5. The first-order valence-electron chi connectivity index (χ1n) is 5.08. The molecule has 0 bridgehead atoms. The molecule has 0 aliphatic heterocycles. The van der Waals surface area contributed by atoms with Crippen molar-refractivity contribution in [3.8, 4) is 0 Å². The molecule has 0 aliphatic carbocycles. The Morgan fingerprint density at radius 3 is 2.61 bits per heavy atom. The van der Waals surface area contributed by atoms with Crippen LogP contribution in [0.1, 0.15) is 5.56 Å². The van der Waals surface area contributed by atoms with Gasteiger partial charge in [0.25, 0.3) is 15.9 Å². The molecule has 4 N–H and O–H groups in total. The molecule has 1 rings (SSSR count). The number of benzene rings is 1. The zero-order valence-electron chi connectivity index (χ0n) is 9.71. The van der Waals surface area contributed by atoms with Crippen molar-refractivity contribution >= 4 is 21.6 Å². The van der Waals surface area contributed by atoms with Gasteiger partial charge in [0.2, 0.25) is 0 Å². The van der Waals surface area contributed by atoms with Gasteiger partial charge in [-0.3, -0.25) is 14.8 Å². The fourth-order valence-corrected chi connectivity index (χ4v) is 2.20. The van der Waals surface area contributed by atoms with E-state index in [9.17, 15) is 18.5 Å². The van der Waals surface area contributed by atoms with E-state index in [4.69, 9.17) is 5.73 Å². The second kappa shape index (κ2) is 5.76. The lowest BCUT2D eigenvalue weighted by Crippen LogP contribution is -2.33. The number of anilines is 1. The van der Waals surface area contributed by atoms with E-state index in [1.54, 1.807) is 0 Å². The molecule has 0 aromatic heterocycles. The first-order valence-corrected chi connectivity index (χ1v) is 6.56. The minimum absolute atomic E-state index is 0.0622. The summed E-state index contributed by atoms with van der Waals surface area (Å²) in [5.41, 5.74) is 5.74. The molecule has 0 radical (unpaired) electrons. The zero-order valence-corrected chi connectivity index (χ0v) is 10.5. The zero-order chi connectivity index (χ0) is 13.8. The highest BCUT2D eigenvalue weighted by atomic mass is 32.2. The van der Waals surface area contributed by atoms with Crippen molar-refractivity contribution in [1.82, 2.24) is 4.72 Å². The normalized spacial score (nSPS) is 11.2. The SMILES string of the molecule is Cc1cc(NS(=O)(=O)NCCN)ccc1[N+](=O)[O-]. The van der Waals surface area contributed by atoms with Gasteiger partial charge in [0.15, 0.2) is 0 Å². The summed E-state index contributed by atoms with van der Waals surface area (Å²) >= 11 is 0. The van der Waals surface area contributed by atoms with E-state index >= 15 is 0 Å². The fraction of sp³-hybridized carbons (Fsp3) is 0.333. The molecule has 1 aromatic rings. The Balaban J connectivity index is 2.87. The summed E-state index contributed by atoms with van der Waals surface area (Å²) in [6, 6.07) is 3.96. The smallest absolute Gasteiger partial charge is 0.299 e. The largest absolute Gasteiger partial charge is 0.329 e. The summed E-state index contributed by atoms with van der Waals surface area (Å²) in [6.07, 6.45) is 0. The van der Waals surface area contributed by atoms with Crippen LogP contribution in [0.4, 0.5) is 11.4 Å². The standard InChI is InChI=1S/C9H14N4O4S/c1-7-6-8(2-3-9(7)13(14)15)12-18(16,17)11-5-4-10/h2-3,6,11-12H,4-5,10H2,1H3. The summed E-state index contributed by atoms with van der Waals surface area (Å²) < 4.78 is 27.4. The maximum absolute atomic E-state index is 11.5. The van der Waals surface area contributed by atoms with Crippen LogP contribution in [-0.4, -0.2) is 26.4 Å². The van der Waals surface area contributed by atoms with E-state index < -0.39 is 15.1 Å². The second-order valence-corrected chi connectivity index (χ2v) is 5.05. The van der Waals surface area contributed by atoms with Crippen molar-refractivity contribution < 1.29 is 13.3 Å². The Kier molecular flexibility index (Phi) is 4.59. The van der Waals surface area contributed by atoms with Gasteiger partial charge in [0.05, 0.1) is 10.6 Å². The van der Waals surface area contributed by atoms with Gasteiger partial charge in [0.1, 0.15) is 0 Å². The van der Waals surface area contributed by atoms with E-state index in [1.807, 2.05) is 0 Å². The summed E-state index contributed by atoms with van der Waals surface area (Å²) in [5.74, 6) is 0. The van der Waals surface area contributed by atoms with Gasteiger partial charge in [-0.25, -0.2) is 0 Å². The maximum Gasteiger partial charge on any atom is 0.299 e. The number of nitro benzene ring substituents is 1. The molecular weight excluding hydrogens is 260 g/mol. The number of hydrogen-bond donors (Lipinski definition) is 3. The third kappa shape index (κ3) is 3.95. The van der Waals surface area contributed by atoms with E-state index in [0.717, 1.165) is 0 Å². The summed E-state index contributed by atoms with van der Waals surface area (Å²) in [6.45, 7) is 1.82. The third-order valence-corrected chi connectivity index (χ3v) is 3.17. The molecule has 0 saturated heterocycles. The number of nitrogens with zero attached hydrogens (tertiary/aromatic N) is 1. The van der Waals surface area contributed by atoms with Crippen LogP contribution in [-0.2, 0) is 10.2 Å². The molecule has 0 heterocycles. The van der Waals surface area contributed by atoms with Crippen LogP contribution in [0, 0.1) is 17.0 Å². The number of nitrogens with one attached hydrogen (secondary N) is 2. The van der Waals surface area contributed by atoms with E-state index in [2.05, 4.69) is 9.44 Å². The average Bonchev–Trinajstić information content (AvgIpc) is 2.25. The second-order valence-electron chi connectivity index (χ2n) is 3.55. The molecule has 0 fully saturated rings. The van der Waals surface area contributed by atoms with Crippen molar-refractivity contribution in [1.29, 1.82) is 0 Å². The molecule has 0 spiro atoms. The lowest BCUT2D eigenvalue weighted by molar-refractivity contribution is -0.385. The van der Waals surface area contributed by atoms with Gasteiger partial charge >= 0.3 is 0 Å². The van der Waals surface area contributed by atoms with Gasteiger partial charge in [-0.1, -0.05) is 0 Å². The van der Waals surface area contributed by atoms with Gasteiger partial charge < -0.3 is 5.73 Å². The van der Waals surface area contributed by atoms with E-state index in [1.165, 1.54) is 25.1 Å². The third-order valence-electron chi connectivity index (χ3n) is 2.08. The van der Waals surface area contributed by atoms with E-state index in [0.29, 0.717) is 5.56 Å². The molecule has 9 heteroatoms. The van der Waals surface area contributed by atoms with Crippen molar-refractivity contribution in [2.75, 3.05) is 17.8 Å². The van der Waals surface area contributed by atoms with Gasteiger partial charge in [-0.15, -0.1) is 0 Å². The highest BCUT2D eigenvalue weighted by molar-refractivity contribution is 7.90. The van der Waals surface area contributed by atoms with Crippen LogP contribution in [0.5, 0.6) is 0 Å². The minimum Gasteiger partial charge on any atom is -0.329 e. The highest BCUT2D eigenvalue weighted by Gasteiger charge is 2.13. The fourth-order valence-electron chi connectivity index (χ4n) is 1.31. The minimum atomic E-state index is -3.70.